The molecule has 6 heteroatoms. The Balaban J connectivity index is 2.62. The first-order valence-corrected chi connectivity index (χ1v) is 6.24. The SMILES string of the molecule is COCCNC(=S)Nc1cc(F)c(Br)cc1C. The Morgan fingerprint density at radius 1 is 1.53 bits per heavy atom. The Labute approximate surface area is 114 Å². The maximum atomic E-state index is 13.3. The lowest BCUT2D eigenvalue weighted by atomic mass is 10.2. The Hall–Kier alpha value is -0.720. The fourth-order valence-corrected chi connectivity index (χ4v) is 1.88. The highest BCUT2D eigenvalue weighted by atomic mass is 79.9. The summed E-state index contributed by atoms with van der Waals surface area (Å²) in [4.78, 5) is 0. The molecular weight excluding hydrogens is 307 g/mol. The first-order valence-electron chi connectivity index (χ1n) is 5.04. The summed E-state index contributed by atoms with van der Waals surface area (Å²) in [6.45, 7) is 3.06. The lowest BCUT2D eigenvalue weighted by Gasteiger charge is -2.12. The molecule has 0 radical (unpaired) electrons. The molecule has 0 aliphatic carbocycles. The first kappa shape index (κ1) is 14.3. The first-order chi connectivity index (χ1) is 8.04. The van der Waals surface area contributed by atoms with Crippen LogP contribution >= 0.6 is 28.1 Å². The van der Waals surface area contributed by atoms with Gasteiger partial charge >= 0.3 is 0 Å². The number of rotatable bonds is 4. The maximum absolute atomic E-state index is 13.3. The highest BCUT2D eigenvalue weighted by Crippen LogP contribution is 2.23. The van der Waals surface area contributed by atoms with Crippen molar-refractivity contribution in [2.45, 2.75) is 6.92 Å². The fourth-order valence-electron chi connectivity index (χ4n) is 1.21. The summed E-state index contributed by atoms with van der Waals surface area (Å²) in [6, 6.07) is 3.11. The Morgan fingerprint density at radius 3 is 2.88 bits per heavy atom. The quantitative estimate of drug-likeness (QED) is 0.660. The van der Waals surface area contributed by atoms with Crippen LogP contribution in [0, 0.1) is 12.7 Å². The van der Waals surface area contributed by atoms with Gasteiger partial charge in [0.25, 0.3) is 0 Å². The van der Waals surface area contributed by atoms with Gasteiger partial charge in [-0.1, -0.05) is 0 Å². The Bertz CT molecular complexity index is 415. The van der Waals surface area contributed by atoms with Crippen molar-refractivity contribution in [1.29, 1.82) is 0 Å². The van der Waals surface area contributed by atoms with Crippen LogP contribution in [-0.2, 0) is 4.74 Å². The minimum Gasteiger partial charge on any atom is -0.383 e. The van der Waals surface area contributed by atoms with Crippen molar-refractivity contribution < 1.29 is 9.13 Å². The zero-order chi connectivity index (χ0) is 12.8. The lowest BCUT2D eigenvalue weighted by molar-refractivity contribution is 0.204. The number of ether oxygens (including phenoxy) is 1. The topological polar surface area (TPSA) is 33.3 Å². The molecule has 94 valence electrons. The maximum Gasteiger partial charge on any atom is 0.170 e. The van der Waals surface area contributed by atoms with Gasteiger partial charge in [-0.15, -0.1) is 0 Å². The molecule has 3 nitrogen and oxygen atoms in total. The van der Waals surface area contributed by atoms with Gasteiger partial charge in [0.1, 0.15) is 5.82 Å². The van der Waals surface area contributed by atoms with Crippen LogP contribution < -0.4 is 10.6 Å². The second-order valence-electron chi connectivity index (χ2n) is 3.45. The molecule has 0 aliphatic heterocycles. The summed E-state index contributed by atoms with van der Waals surface area (Å²) in [5, 5.41) is 6.35. The summed E-state index contributed by atoms with van der Waals surface area (Å²) in [6.07, 6.45) is 0. The van der Waals surface area contributed by atoms with Gasteiger partial charge < -0.3 is 15.4 Å². The van der Waals surface area contributed by atoms with Crippen LogP contribution in [0.15, 0.2) is 16.6 Å². The number of halogens is 2. The predicted octanol–water partition coefficient (Wildman–Crippen LogP) is 2.83. The van der Waals surface area contributed by atoms with Crippen LogP contribution in [0.2, 0.25) is 0 Å². The minimum absolute atomic E-state index is 0.321. The van der Waals surface area contributed by atoms with Crippen LogP contribution in [0.25, 0.3) is 0 Å². The average molecular weight is 321 g/mol. The van der Waals surface area contributed by atoms with Gasteiger partial charge in [-0.3, -0.25) is 0 Å². The van der Waals surface area contributed by atoms with Gasteiger partial charge in [-0.2, -0.15) is 0 Å². The van der Waals surface area contributed by atoms with Crippen LogP contribution in [0.3, 0.4) is 0 Å². The summed E-state index contributed by atoms with van der Waals surface area (Å²) >= 11 is 8.20. The highest BCUT2D eigenvalue weighted by molar-refractivity contribution is 9.10. The molecule has 0 amide bonds. The van der Waals surface area contributed by atoms with E-state index in [1.807, 2.05) is 6.92 Å². The molecule has 0 aromatic heterocycles. The number of hydrogen-bond acceptors (Lipinski definition) is 2. The molecule has 1 aromatic rings. The molecule has 1 aromatic carbocycles. The monoisotopic (exact) mass is 320 g/mol. The molecule has 0 saturated carbocycles. The molecule has 0 heterocycles. The van der Waals surface area contributed by atoms with Gasteiger partial charge in [-0.25, -0.2) is 4.39 Å². The van der Waals surface area contributed by atoms with Gasteiger partial charge in [0.05, 0.1) is 11.1 Å². The number of aryl methyl sites for hydroxylation is 1. The lowest BCUT2D eigenvalue weighted by Crippen LogP contribution is -2.31. The van der Waals surface area contributed by atoms with E-state index in [4.69, 9.17) is 17.0 Å². The summed E-state index contributed by atoms with van der Waals surface area (Å²) < 4.78 is 18.7. The van der Waals surface area contributed by atoms with Gasteiger partial charge in [0.15, 0.2) is 5.11 Å². The number of nitrogens with one attached hydrogen (secondary N) is 2. The molecule has 2 N–H and O–H groups in total. The number of anilines is 1. The smallest absolute Gasteiger partial charge is 0.170 e. The zero-order valence-corrected chi connectivity index (χ0v) is 12.0. The molecule has 0 spiro atoms. The third-order valence-electron chi connectivity index (χ3n) is 2.11. The van der Waals surface area contributed by atoms with E-state index in [0.717, 1.165) is 5.56 Å². The van der Waals surface area contributed by atoms with Crippen molar-refractivity contribution >= 4 is 38.9 Å². The van der Waals surface area contributed by atoms with E-state index in [1.165, 1.54) is 6.07 Å². The molecule has 17 heavy (non-hydrogen) atoms. The summed E-state index contributed by atoms with van der Waals surface area (Å²) in [7, 11) is 1.62. The summed E-state index contributed by atoms with van der Waals surface area (Å²) in [5.74, 6) is -0.321. The van der Waals surface area contributed by atoms with E-state index in [0.29, 0.717) is 28.4 Å². The summed E-state index contributed by atoms with van der Waals surface area (Å²) in [5.41, 5.74) is 1.56. The van der Waals surface area contributed by atoms with Gasteiger partial charge in [0, 0.05) is 19.3 Å². The van der Waals surface area contributed by atoms with Crippen molar-refractivity contribution in [3.05, 3.63) is 28.0 Å². The molecule has 0 unspecified atom stereocenters. The fraction of sp³-hybridized carbons (Fsp3) is 0.364. The van der Waals surface area contributed by atoms with E-state index in [2.05, 4.69) is 26.6 Å². The van der Waals surface area contributed by atoms with E-state index < -0.39 is 0 Å². The number of thiocarbonyl (C=S) groups is 1. The standard InChI is InChI=1S/C11H14BrFN2OS/c1-7-5-8(12)9(13)6-10(7)15-11(17)14-3-4-16-2/h5-6H,3-4H2,1-2H3,(H2,14,15,17). The van der Waals surface area contributed by atoms with Crippen LogP contribution in [0.1, 0.15) is 5.56 Å². The number of benzene rings is 1. The zero-order valence-electron chi connectivity index (χ0n) is 9.64. The Kier molecular flexibility index (Phi) is 5.80. The highest BCUT2D eigenvalue weighted by Gasteiger charge is 2.06. The number of hydrogen-bond donors (Lipinski definition) is 2. The second-order valence-corrected chi connectivity index (χ2v) is 4.72. The van der Waals surface area contributed by atoms with Crippen LogP contribution in [0.5, 0.6) is 0 Å². The second kappa shape index (κ2) is 6.88. The number of methoxy groups -OCH3 is 1. The van der Waals surface area contributed by atoms with E-state index in [9.17, 15) is 4.39 Å². The molecule has 0 fully saturated rings. The van der Waals surface area contributed by atoms with Gasteiger partial charge in [0.2, 0.25) is 0 Å². The average Bonchev–Trinajstić information content (AvgIpc) is 2.26. The van der Waals surface area contributed by atoms with Crippen molar-refractivity contribution in [3.63, 3.8) is 0 Å². The predicted molar refractivity (Wildman–Crippen MR) is 74.9 cm³/mol. The van der Waals surface area contributed by atoms with E-state index >= 15 is 0 Å². The van der Waals surface area contributed by atoms with E-state index in [1.54, 1.807) is 13.2 Å². The molecule has 0 atom stereocenters. The van der Waals surface area contributed by atoms with Crippen molar-refractivity contribution in [3.8, 4) is 0 Å². The third-order valence-corrected chi connectivity index (χ3v) is 2.96. The molecule has 0 aliphatic rings. The molecule has 0 saturated heterocycles. The van der Waals surface area contributed by atoms with Gasteiger partial charge in [-0.05, 0) is 52.8 Å². The molecule has 1 rings (SSSR count). The normalized spacial score (nSPS) is 10.1. The van der Waals surface area contributed by atoms with Crippen molar-refractivity contribution in [1.82, 2.24) is 5.32 Å². The minimum atomic E-state index is -0.321. The largest absolute Gasteiger partial charge is 0.383 e. The Morgan fingerprint density at radius 2 is 2.24 bits per heavy atom. The third kappa shape index (κ3) is 4.57. The van der Waals surface area contributed by atoms with E-state index in [-0.39, 0.29) is 5.82 Å². The van der Waals surface area contributed by atoms with Crippen molar-refractivity contribution in [2.24, 2.45) is 0 Å². The van der Waals surface area contributed by atoms with Crippen LogP contribution in [-0.4, -0.2) is 25.4 Å². The van der Waals surface area contributed by atoms with Crippen LogP contribution in [0.4, 0.5) is 10.1 Å². The molecular formula is C11H14BrFN2OS. The molecule has 0 bridgehead atoms. The van der Waals surface area contributed by atoms with Crippen molar-refractivity contribution in [2.75, 3.05) is 25.6 Å².